The molecule has 0 atom stereocenters. The van der Waals surface area contributed by atoms with Crippen LogP contribution in [0.3, 0.4) is 0 Å². The van der Waals surface area contributed by atoms with Crippen molar-refractivity contribution in [3.8, 4) is 5.75 Å². The maximum absolute atomic E-state index is 11.9. The van der Waals surface area contributed by atoms with Gasteiger partial charge in [-0.25, -0.2) is 0 Å². The minimum Gasteiger partial charge on any atom is -0.493 e. The van der Waals surface area contributed by atoms with Crippen LogP contribution >= 0.6 is 11.6 Å². The molecule has 1 aliphatic rings. The van der Waals surface area contributed by atoms with Crippen LogP contribution in [0.1, 0.15) is 19.3 Å². The van der Waals surface area contributed by atoms with E-state index < -0.39 is 0 Å². The van der Waals surface area contributed by atoms with Crippen molar-refractivity contribution < 1.29 is 9.53 Å². The fourth-order valence-corrected chi connectivity index (χ4v) is 2.27. The zero-order valence-corrected chi connectivity index (χ0v) is 11.1. The topological polar surface area (TPSA) is 38.3 Å². The highest BCUT2D eigenvalue weighted by molar-refractivity contribution is 6.30. The number of hydrogen-bond donors (Lipinski definition) is 1. The smallest absolute Gasteiger partial charge is 0.139 e. The fourth-order valence-electron chi connectivity index (χ4n) is 2.15. The molecular weight excluding hydrogens is 250 g/mol. The first-order valence-electron chi connectivity index (χ1n) is 6.37. The zero-order chi connectivity index (χ0) is 12.8. The Morgan fingerprint density at radius 3 is 2.61 bits per heavy atom. The predicted molar refractivity (Wildman–Crippen MR) is 72.2 cm³/mol. The predicted octanol–water partition coefficient (Wildman–Crippen LogP) is 2.68. The molecule has 3 nitrogen and oxygen atoms in total. The Balaban J connectivity index is 1.71. The van der Waals surface area contributed by atoms with E-state index in [1.807, 2.05) is 12.1 Å². The number of hydrogen-bond acceptors (Lipinski definition) is 3. The van der Waals surface area contributed by atoms with Gasteiger partial charge in [-0.05, 0) is 50.2 Å². The average molecular weight is 268 g/mol. The lowest BCUT2D eigenvalue weighted by molar-refractivity contribution is -0.124. The summed E-state index contributed by atoms with van der Waals surface area (Å²) in [6, 6.07) is 7.20. The van der Waals surface area contributed by atoms with Crippen LogP contribution in [0, 0.1) is 5.92 Å². The number of ketones is 1. The first kappa shape index (κ1) is 13.4. The molecule has 18 heavy (non-hydrogen) atoms. The molecule has 0 spiro atoms. The Bertz CT molecular complexity index is 385. The maximum Gasteiger partial charge on any atom is 0.139 e. The van der Waals surface area contributed by atoms with Gasteiger partial charge in [0, 0.05) is 17.4 Å². The zero-order valence-electron chi connectivity index (χ0n) is 10.3. The second kappa shape index (κ2) is 6.76. The van der Waals surface area contributed by atoms with Gasteiger partial charge in [0.2, 0.25) is 0 Å². The molecule has 1 N–H and O–H groups in total. The Kier molecular flexibility index (Phi) is 5.02. The first-order chi connectivity index (χ1) is 8.75. The fraction of sp³-hybridized carbons (Fsp3) is 0.500. The molecule has 2 rings (SSSR count). The Hall–Kier alpha value is -1.06. The third-order valence-corrected chi connectivity index (χ3v) is 3.48. The normalized spacial score (nSPS) is 16.5. The molecule has 0 bridgehead atoms. The first-order valence-corrected chi connectivity index (χ1v) is 6.75. The largest absolute Gasteiger partial charge is 0.493 e. The molecule has 0 aromatic heterocycles. The second-order valence-electron chi connectivity index (χ2n) is 4.54. The Labute approximate surface area is 112 Å². The molecule has 1 aromatic rings. The molecule has 0 unspecified atom stereocenters. The van der Waals surface area contributed by atoms with Gasteiger partial charge in [-0.1, -0.05) is 11.6 Å². The van der Waals surface area contributed by atoms with Crippen molar-refractivity contribution in [1.29, 1.82) is 0 Å². The summed E-state index contributed by atoms with van der Waals surface area (Å²) in [4.78, 5) is 11.9. The summed E-state index contributed by atoms with van der Waals surface area (Å²) in [5.41, 5.74) is 0. The van der Waals surface area contributed by atoms with Gasteiger partial charge in [-0.3, -0.25) is 4.79 Å². The molecule has 1 heterocycles. The second-order valence-corrected chi connectivity index (χ2v) is 4.98. The highest BCUT2D eigenvalue weighted by Gasteiger charge is 2.20. The van der Waals surface area contributed by atoms with Gasteiger partial charge < -0.3 is 10.1 Å². The van der Waals surface area contributed by atoms with Gasteiger partial charge in [0.1, 0.15) is 11.5 Å². The van der Waals surface area contributed by atoms with Crippen molar-refractivity contribution in [2.24, 2.45) is 5.92 Å². The summed E-state index contributed by atoms with van der Waals surface area (Å²) in [5, 5.41) is 3.95. The van der Waals surface area contributed by atoms with Gasteiger partial charge in [0.25, 0.3) is 0 Å². The summed E-state index contributed by atoms with van der Waals surface area (Å²) in [6.45, 7) is 2.35. The number of ether oxygens (including phenoxy) is 1. The van der Waals surface area contributed by atoms with E-state index in [4.69, 9.17) is 16.3 Å². The monoisotopic (exact) mass is 267 g/mol. The average Bonchev–Trinajstić information content (AvgIpc) is 2.42. The molecule has 0 radical (unpaired) electrons. The molecule has 1 aliphatic heterocycles. The molecule has 1 aromatic carbocycles. The summed E-state index contributed by atoms with van der Waals surface area (Å²) in [5.74, 6) is 1.31. The highest BCUT2D eigenvalue weighted by Crippen LogP contribution is 2.17. The number of benzene rings is 1. The SMILES string of the molecule is O=C(CCOc1ccc(Cl)cc1)C1CCNCC1. The number of carbonyl (C=O) groups is 1. The minimum atomic E-state index is 0.222. The molecular formula is C14H18ClNO2. The highest BCUT2D eigenvalue weighted by atomic mass is 35.5. The van der Waals surface area contributed by atoms with Crippen LogP contribution in [0.5, 0.6) is 5.75 Å². The Morgan fingerprint density at radius 2 is 1.94 bits per heavy atom. The van der Waals surface area contributed by atoms with Crippen molar-refractivity contribution in [2.75, 3.05) is 19.7 Å². The van der Waals surface area contributed by atoms with E-state index in [0.29, 0.717) is 23.8 Å². The van der Waals surface area contributed by atoms with Crippen LogP contribution in [0.2, 0.25) is 5.02 Å². The van der Waals surface area contributed by atoms with Crippen LogP contribution in [0.25, 0.3) is 0 Å². The number of Topliss-reactive ketones (excluding diaryl/α,β-unsaturated/α-hetero) is 1. The van der Waals surface area contributed by atoms with Crippen molar-refractivity contribution in [3.05, 3.63) is 29.3 Å². The van der Waals surface area contributed by atoms with Gasteiger partial charge >= 0.3 is 0 Å². The number of rotatable bonds is 5. The third-order valence-electron chi connectivity index (χ3n) is 3.23. The van der Waals surface area contributed by atoms with E-state index in [-0.39, 0.29) is 5.92 Å². The van der Waals surface area contributed by atoms with Crippen molar-refractivity contribution in [2.45, 2.75) is 19.3 Å². The lowest BCUT2D eigenvalue weighted by Gasteiger charge is -2.21. The van der Waals surface area contributed by atoms with E-state index in [1.54, 1.807) is 12.1 Å². The van der Waals surface area contributed by atoms with Gasteiger partial charge in [-0.15, -0.1) is 0 Å². The van der Waals surface area contributed by atoms with Crippen LogP contribution < -0.4 is 10.1 Å². The van der Waals surface area contributed by atoms with Crippen LogP contribution in [0.15, 0.2) is 24.3 Å². The molecule has 0 saturated carbocycles. The summed E-state index contributed by atoms with van der Waals surface area (Å²) >= 11 is 5.78. The molecule has 1 saturated heterocycles. The van der Waals surface area contributed by atoms with Crippen molar-refractivity contribution in [3.63, 3.8) is 0 Å². The van der Waals surface area contributed by atoms with E-state index in [2.05, 4.69) is 5.32 Å². The van der Waals surface area contributed by atoms with Gasteiger partial charge in [0.15, 0.2) is 0 Å². The summed E-state index contributed by atoms with van der Waals surface area (Å²) < 4.78 is 5.53. The summed E-state index contributed by atoms with van der Waals surface area (Å²) in [6.07, 6.45) is 2.41. The van der Waals surface area contributed by atoms with Gasteiger partial charge in [-0.2, -0.15) is 0 Å². The van der Waals surface area contributed by atoms with E-state index >= 15 is 0 Å². The number of piperidine rings is 1. The van der Waals surface area contributed by atoms with E-state index in [1.165, 1.54) is 0 Å². The number of halogens is 1. The van der Waals surface area contributed by atoms with Crippen LogP contribution in [-0.2, 0) is 4.79 Å². The van der Waals surface area contributed by atoms with E-state index in [9.17, 15) is 4.79 Å². The molecule has 4 heteroatoms. The maximum atomic E-state index is 11.9. The Morgan fingerprint density at radius 1 is 1.28 bits per heavy atom. The number of carbonyl (C=O) groups excluding carboxylic acids is 1. The number of nitrogens with one attached hydrogen (secondary N) is 1. The molecule has 0 amide bonds. The standard InChI is InChI=1S/C14H18ClNO2/c15-12-1-3-13(4-2-12)18-10-7-14(17)11-5-8-16-9-6-11/h1-4,11,16H,5-10H2. The van der Waals surface area contributed by atoms with Crippen LogP contribution in [0.4, 0.5) is 0 Å². The summed E-state index contributed by atoms with van der Waals surface area (Å²) in [7, 11) is 0. The lowest BCUT2D eigenvalue weighted by Crippen LogP contribution is -2.32. The van der Waals surface area contributed by atoms with Crippen molar-refractivity contribution in [1.82, 2.24) is 5.32 Å². The third kappa shape index (κ3) is 4.00. The molecule has 1 fully saturated rings. The van der Waals surface area contributed by atoms with Gasteiger partial charge in [0.05, 0.1) is 6.61 Å². The van der Waals surface area contributed by atoms with Crippen molar-refractivity contribution >= 4 is 17.4 Å². The molecule has 0 aliphatic carbocycles. The van der Waals surface area contributed by atoms with Crippen LogP contribution in [-0.4, -0.2) is 25.5 Å². The van der Waals surface area contributed by atoms with E-state index in [0.717, 1.165) is 31.7 Å². The lowest BCUT2D eigenvalue weighted by atomic mass is 9.92. The quantitative estimate of drug-likeness (QED) is 0.891. The molecule has 98 valence electrons. The minimum absolute atomic E-state index is 0.222.